The zero-order valence-corrected chi connectivity index (χ0v) is 13.4. The quantitative estimate of drug-likeness (QED) is 0.843. The molecule has 1 atom stereocenters. The molecule has 0 aromatic carbocycles. The second-order valence-corrected chi connectivity index (χ2v) is 6.98. The van der Waals surface area contributed by atoms with E-state index < -0.39 is 0 Å². The van der Waals surface area contributed by atoms with Crippen LogP contribution in [-0.4, -0.2) is 56.7 Å². The molecule has 0 radical (unpaired) electrons. The van der Waals surface area contributed by atoms with Crippen molar-refractivity contribution in [3.05, 3.63) is 11.6 Å². The lowest BCUT2D eigenvalue weighted by Gasteiger charge is -2.24. The van der Waals surface area contributed by atoms with Crippen LogP contribution in [0.1, 0.15) is 50.3 Å². The van der Waals surface area contributed by atoms with Crippen LogP contribution in [0.2, 0.25) is 0 Å². The van der Waals surface area contributed by atoms with Gasteiger partial charge in [-0.15, -0.1) is 10.2 Å². The van der Waals surface area contributed by atoms with Gasteiger partial charge in [0.05, 0.1) is 6.04 Å². The molecule has 22 heavy (non-hydrogen) atoms. The Balaban J connectivity index is 1.54. The number of aromatic nitrogens is 3. The topological polar surface area (TPSA) is 54.3 Å². The van der Waals surface area contributed by atoms with Gasteiger partial charge in [0.15, 0.2) is 0 Å². The van der Waals surface area contributed by atoms with E-state index in [0.717, 1.165) is 43.6 Å². The molecule has 1 aromatic rings. The molecule has 6 heteroatoms. The van der Waals surface area contributed by atoms with E-state index in [9.17, 15) is 4.79 Å². The molecule has 4 rings (SSSR count). The van der Waals surface area contributed by atoms with Crippen LogP contribution in [0, 0.1) is 5.92 Å². The first-order valence-corrected chi connectivity index (χ1v) is 8.64. The summed E-state index contributed by atoms with van der Waals surface area (Å²) < 4.78 is 2.29. The first-order chi connectivity index (χ1) is 10.7. The molecule has 3 aliphatic rings. The van der Waals surface area contributed by atoms with Crippen LogP contribution in [0.25, 0.3) is 0 Å². The molecule has 0 bridgehead atoms. The van der Waals surface area contributed by atoms with Crippen LogP contribution in [0.15, 0.2) is 0 Å². The van der Waals surface area contributed by atoms with Crippen molar-refractivity contribution < 1.29 is 4.79 Å². The summed E-state index contributed by atoms with van der Waals surface area (Å²) in [6.45, 7) is 6.47. The molecule has 120 valence electrons. The van der Waals surface area contributed by atoms with Gasteiger partial charge in [-0.3, -0.25) is 9.69 Å². The van der Waals surface area contributed by atoms with Gasteiger partial charge in [0.1, 0.15) is 11.6 Å². The Kier molecular flexibility index (Phi) is 3.64. The molecule has 1 amide bonds. The third kappa shape index (κ3) is 2.64. The van der Waals surface area contributed by atoms with Crippen molar-refractivity contribution >= 4 is 5.91 Å². The minimum atomic E-state index is 0.163. The van der Waals surface area contributed by atoms with Crippen molar-refractivity contribution in [1.82, 2.24) is 24.6 Å². The predicted molar refractivity (Wildman–Crippen MR) is 82.3 cm³/mol. The van der Waals surface area contributed by atoms with E-state index in [0.29, 0.717) is 6.04 Å². The van der Waals surface area contributed by atoms with Gasteiger partial charge in [-0.05, 0) is 38.1 Å². The van der Waals surface area contributed by atoms with Crippen LogP contribution in [0.5, 0.6) is 0 Å². The first kappa shape index (κ1) is 14.2. The maximum Gasteiger partial charge on any atom is 0.219 e. The summed E-state index contributed by atoms with van der Waals surface area (Å²) in [5, 5.41) is 8.97. The normalized spacial score (nSPS) is 26.0. The summed E-state index contributed by atoms with van der Waals surface area (Å²) in [5.41, 5.74) is 0. The van der Waals surface area contributed by atoms with Gasteiger partial charge in [0, 0.05) is 39.5 Å². The maximum absolute atomic E-state index is 11.6. The number of rotatable bonds is 3. The van der Waals surface area contributed by atoms with E-state index in [-0.39, 0.29) is 5.91 Å². The number of carbonyl (C=O) groups excluding carboxylic acids is 1. The zero-order valence-electron chi connectivity index (χ0n) is 13.4. The summed E-state index contributed by atoms with van der Waals surface area (Å²) in [5.74, 6) is 3.27. The van der Waals surface area contributed by atoms with E-state index >= 15 is 0 Å². The molecule has 1 aromatic heterocycles. The molecule has 6 nitrogen and oxygen atoms in total. The van der Waals surface area contributed by atoms with Crippen molar-refractivity contribution in [2.45, 2.75) is 51.6 Å². The highest BCUT2D eigenvalue weighted by atomic mass is 16.2. The first-order valence-electron chi connectivity index (χ1n) is 8.64. The zero-order chi connectivity index (χ0) is 15.1. The molecule has 0 unspecified atom stereocenters. The Labute approximate surface area is 131 Å². The van der Waals surface area contributed by atoms with Crippen molar-refractivity contribution in [3.63, 3.8) is 0 Å². The summed E-state index contributed by atoms with van der Waals surface area (Å²) in [6.07, 6.45) is 6.08. The summed E-state index contributed by atoms with van der Waals surface area (Å²) >= 11 is 0. The number of hydrogen-bond donors (Lipinski definition) is 0. The van der Waals surface area contributed by atoms with Gasteiger partial charge in [-0.2, -0.15) is 0 Å². The number of likely N-dealkylation sites (tertiary alicyclic amines) is 1. The van der Waals surface area contributed by atoms with Crippen LogP contribution in [0.3, 0.4) is 0 Å². The number of hydrogen-bond acceptors (Lipinski definition) is 4. The lowest BCUT2D eigenvalue weighted by Crippen LogP contribution is -2.32. The van der Waals surface area contributed by atoms with Gasteiger partial charge < -0.3 is 9.47 Å². The lowest BCUT2D eigenvalue weighted by molar-refractivity contribution is -0.128. The van der Waals surface area contributed by atoms with Crippen molar-refractivity contribution in [2.75, 3.05) is 26.2 Å². The van der Waals surface area contributed by atoms with E-state index in [2.05, 4.69) is 19.7 Å². The molecule has 0 N–H and O–H groups in total. The molecular weight excluding hydrogens is 278 g/mol. The van der Waals surface area contributed by atoms with Crippen LogP contribution in [-0.2, 0) is 17.8 Å². The van der Waals surface area contributed by atoms with Gasteiger partial charge >= 0.3 is 0 Å². The Morgan fingerprint density at radius 3 is 2.77 bits per heavy atom. The van der Waals surface area contributed by atoms with Crippen molar-refractivity contribution in [3.8, 4) is 0 Å². The minimum absolute atomic E-state index is 0.163. The summed E-state index contributed by atoms with van der Waals surface area (Å²) in [6, 6.07) is 0.436. The molecule has 2 aliphatic heterocycles. The van der Waals surface area contributed by atoms with E-state index in [1.807, 2.05) is 4.90 Å². The lowest BCUT2D eigenvalue weighted by atomic mass is 10.2. The van der Waals surface area contributed by atoms with E-state index in [1.165, 1.54) is 38.8 Å². The molecule has 3 heterocycles. The Hall–Kier alpha value is -1.43. The minimum Gasteiger partial charge on any atom is -0.341 e. The number of carbonyl (C=O) groups is 1. The average molecular weight is 303 g/mol. The van der Waals surface area contributed by atoms with Gasteiger partial charge in [0.25, 0.3) is 0 Å². The third-order valence-corrected chi connectivity index (χ3v) is 5.35. The fourth-order valence-corrected chi connectivity index (χ4v) is 3.88. The fourth-order valence-electron chi connectivity index (χ4n) is 3.88. The summed E-state index contributed by atoms with van der Waals surface area (Å²) in [4.78, 5) is 16.2. The highest BCUT2D eigenvalue weighted by Gasteiger charge is 2.35. The predicted octanol–water partition coefficient (Wildman–Crippen LogP) is 1.23. The molecule has 1 saturated heterocycles. The van der Waals surface area contributed by atoms with E-state index in [4.69, 9.17) is 0 Å². The van der Waals surface area contributed by atoms with Gasteiger partial charge in [-0.25, -0.2) is 0 Å². The highest BCUT2D eigenvalue weighted by Crippen LogP contribution is 2.37. The molecule has 1 aliphatic carbocycles. The monoisotopic (exact) mass is 303 g/mol. The summed E-state index contributed by atoms with van der Waals surface area (Å²) in [7, 11) is 0. The fraction of sp³-hybridized carbons (Fsp3) is 0.812. The molecule has 2 fully saturated rings. The third-order valence-electron chi connectivity index (χ3n) is 5.35. The molecule has 0 spiro atoms. The largest absolute Gasteiger partial charge is 0.341 e. The van der Waals surface area contributed by atoms with Crippen LogP contribution in [0.4, 0.5) is 0 Å². The number of fused-ring (bicyclic) bond motifs is 1. The Bertz CT molecular complexity index is 565. The second-order valence-electron chi connectivity index (χ2n) is 6.98. The van der Waals surface area contributed by atoms with E-state index in [1.54, 1.807) is 6.92 Å². The van der Waals surface area contributed by atoms with Crippen LogP contribution < -0.4 is 0 Å². The Morgan fingerprint density at radius 1 is 1.14 bits per heavy atom. The maximum atomic E-state index is 11.6. The second kappa shape index (κ2) is 5.65. The average Bonchev–Trinajstić information content (AvgIpc) is 3.12. The highest BCUT2D eigenvalue weighted by molar-refractivity contribution is 5.73. The number of nitrogens with zero attached hydrogens (tertiary/aromatic N) is 5. The SMILES string of the molecule is CC(=O)N1CCc2nnc([C@@H]3CCCN3CC3CC3)n2CC1. The van der Waals surface area contributed by atoms with Crippen molar-refractivity contribution in [1.29, 1.82) is 0 Å². The van der Waals surface area contributed by atoms with Gasteiger partial charge in [-0.1, -0.05) is 0 Å². The molecular formula is C16H25N5O. The standard InChI is InChI=1S/C16H25N5O/c1-12(22)19-8-6-15-17-18-16(21(15)10-9-19)14-3-2-7-20(14)11-13-4-5-13/h13-14H,2-11H2,1H3/t14-/m0/s1. The smallest absolute Gasteiger partial charge is 0.219 e. The van der Waals surface area contributed by atoms with Gasteiger partial charge in [0.2, 0.25) is 5.91 Å². The molecule has 1 saturated carbocycles. The van der Waals surface area contributed by atoms with Crippen LogP contribution >= 0.6 is 0 Å². The van der Waals surface area contributed by atoms with Crippen molar-refractivity contribution in [2.24, 2.45) is 5.92 Å². The Morgan fingerprint density at radius 2 is 2.00 bits per heavy atom. The number of amides is 1.